The zero-order valence-electron chi connectivity index (χ0n) is 22.0. The van der Waals surface area contributed by atoms with Gasteiger partial charge in [0.2, 0.25) is 0 Å². The molecule has 1 amide bonds. The van der Waals surface area contributed by atoms with Gasteiger partial charge in [0.05, 0.1) is 23.0 Å². The van der Waals surface area contributed by atoms with Gasteiger partial charge in [0, 0.05) is 49.5 Å². The minimum Gasteiger partial charge on any atom is -0.377 e. The van der Waals surface area contributed by atoms with Gasteiger partial charge in [0.15, 0.2) is 6.29 Å². The summed E-state index contributed by atoms with van der Waals surface area (Å²) < 4.78 is 11.6. The molecule has 3 aromatic carbocycles. The summed E-state index contributed by atoms with van der Waals surface area (Å²) in [5.74, 6) is -0.272. The van der Waals surface area contributed by atoms with Crippen molar-refractivity contribution >= 4 is 22.4 Å². The second-order valence-electron chi connectivity index (χ2n) is 9.50. The van der Waals surface area contributed by atoms with Crippen molar-refractivity contribution in [2.24, 2.45) is 0 Å². The van der Waals surface area contributed by atoms with Crippen LogP contribution in [-0.2, 0) is 9.47 Å². The number of anilines is 1. The number of ether oxygens (including phenoxy) is 2. The van der Waals surface area contributed by atoms with Crippen LogP contribution < -0.4 is 10.9 Å². The molecule has 0 spiro atoms. The van der Waals surface area contributed by atoms with E-state index in [2.05, 4.69) is 27.6 Å². The van der Waals surface area contributed by atoms with E-state index in [-0.39, 0.29) is 23.4 Å². The van der Waals surface area contributed by atoms with Gasteiger partial charge in [-0.25, -0.2) is 5.10 Å². The van der Waals surface area contributed by atoms with Crippen LogP contribution in [0.4, 0.5) is 5.69 Å². The van der Waals surface area contributed by atoms with Gasteiger partial charge in [-0.3, -0.25) is 9.59 Å². The van der Waals surface area contributed by atoms with Gasteiger partial charge >= 0.3 is 0 Å². The second kappa shape index (κ2) is 10.8. The molecule has 1 aliphatic heterocycles. The van der Waals surface area contributed by atoms with Crippen LogP contribution in [0.5, 0.6) is 0 Å². The molecule has 2 N–H and O–H groups in total. The molecule has 2 heterocycles. The molecule has 196 valence electrons. The van der Waals surface area contributed by atoms with Crippen LogP contribution in [0.1, 0.15) is 64.8 Å². The standard InChI is InChI=1S/C30H32N4O4/c1-5-37-30(38-6-2)21-16-12-19(13-17-21)26-24(18-10-14-20(15-11-18)29(36)34(3)4)27-25-22(28(35)33-32-27)8-7-9-23(25)31-26/h7-17,24,26,30-31H,5-6H2,1-4H3,(H,33,35). The summed E-state index contributed by atoms with van der Waals surface area (Å²) in [6.45, 7) is 5.00. The SMILES string of the molecule is CCOC(OCC)c1ccc(C2Nc3cccc4c(=O)[nH]nc(c34)C2c2ccc(C(=O)N(C)C)cc2)cc1. The third-order valence-electron chi connectivity index (χ3n) is 6.91. The van der Waals surface area contributed by atoms with Crippen molar-refractivity contribution < 1.29 is 14.3 Å². The molecule has 1 aromatic heterocycles. The molecule has 2 atom stereocenters. The Bertz CT molecular complexity index is 1490. The molecule has 2 unspecified atom stereocenters. The quantitative estimate of drug-likeness (QED) is 0.323. The number of nitrogens with zero attached hydrogens (tertiary/aromatic N) is 2. The maximum absolute atomic E-state index is 12.6. The fourth-order valence-corrected chi connectivity index (χ4v) is 5.12. The summed E-state index contributed by atoms with van der Waals surface area (Å²) in [7, 11) is 3.47. The van der Waals surface area contributed by atoms with Crippen molar-refractivity contribution in [3.05, 3.63) is 105 Å². The highest BCUT2D eigenvalue weighted by molar-refractivity contribution is 5.97. The van der Waals surface area contributed by atoms with Crippen molar-refractivity contribution in [3.8, 4) is 0 Å². The van der Waals surface area contributed by atoms with Crippen molar-refractivity contribution in [3.63, 3.8) is 0 Å². The first kappa shape index (κ1) is 25.6. The van der Waals surface area contributed by atoms with Gasteiger partial charge in [0.25, 0.3) is 11.5 Å². The molecule has 0 saturated heterocycles. The van der Waals surface area contributed by atoms with Crippen LogP contribution in [0, 0.1) is 0 Å². The van der Waals surface area contributed by atoms with Gasteiger partial charge in [-0.15, -0.1) is 0 Å². The molecule has 0 bridgehead atoms. The van der Waals surface area contributed by atoms with Gasteiger partial charge in [-0.1, -0.05) is 42.5 Å². The number of carbonyl (C=O) groups excluding carboxylic acids is 1. The maximum atomic E-state index is 12.6. The predicted octanol–water partition coefficient (Wildman–Crippen LogP) is 5.00. The molecular weight excluding hydrogens is 480 g/mol. The Kier molecular flexibility index (Phi) is 7.26. The van der Waals surface area contributed by atoms with Gasteiger partial charge in [-0.2, -0.15) is 5.10 Å². The minimum absolute atomic E-state index is 0.0569. The van der Waals surface area contributed by atoms with Crippen molar-refractivity contribution in [2.75, 3.05) is 32.6 Å². The first-order valence-corrected chi connectivity index (χ1v) is 12.8. The number of carbonyl (C=O) groups is 1. The normalized spacial score (nSPS) is 16.4. The van der Waals surface area contributed by atoms with Crippen molar-refractivity contribution in [1.29, 1.82) is 0 Å². The number of aromatic amines is 1. The highest BCUT2D eigenvalue weighted by Gasteiger charge is 2.35. The van der Waals surface area contributed by atoms with E-state index in [1.54, 1.807) is 19.0 Å². The number of H-pyrrole nitrogens is 1. The summed E-state index contributed by atoms with van der Waals surface area (Å²) in [6, 6.07) is 21.3. The summed E-state index contributed by atoms with van der Waals surface area (Å²) in [5, 5.41) is 12.3. The van der Waals surface area contributed by atoms with E-state index in [1.165, 1.54) is 0 Å². The van der Waals surface area contributed by atoms with Crippen LogP contribution in [-0.4, -0.2) is 48.3 Å². The fourth-order valence-electron chi connectivity index (χ4n) is 5.12. The topological polar surface area (TPSA) is 96.5 Å². The Morgan fingerprint density at radius 2 is 1.61 bits per heavy atom. The zero-order valence-corrected chi connectivity index (χ0v) is 22.0. The lowest BCUT2D eigenvalue weighted by atomic mass is 9.79. The first-order valence-electron chi connectivity index (χ1n) is 12.8. The molecule has 8 heteroatoms. The van der Waals surface area contributed by atoms with Gasteiger partial charge < -0.3 is 19.7 Å². The molecule has 38 heavy (non-hydrogen) atoms. The smallest absolute Gasteiger partial charge is 0.272 e. The Hall–Kier alpha value is -4.01. The third-order valence-corrected chi connectivity index (χ3v) is 6.91. The Morgan fingerprint density at radius 3 is 2.24 bits per heavy atom. The van der Waals surface area contributed by atoms with Gasteiger partial charge in [0.1, 0.15) is 0 Å². The monoisotopic (exact) mass is 512 g/mol. The lowest BCUT2D eigenvalue weighted by Gasteiger charge is -2.35. The number of hydrogen-bond donors (Lipinski definition) is 2. The van der Waals surface area contributed by atoms with E-state index < -0.39 is 6.29 Å². The van der Waals surface area contributed by atoms with E-state index in [4.69, 9.17) is 9.47 Å². The number of nitrogens with one attached hydrogen (secondary N) is 2. The first-order chi connectivity index (χ1) is 18.4. The largest absolute Gasteiger partial charge is 0.377 e. The Labute approximate surface area is 221 Å². The minimum atomic E-state index is -0.419. The fraction of sp³-hybridized carbons (Fsp3) is 0.300. The lowest BCUT2D eigenvalue weighted by Crippen LogP contribution is -2.28. The number of hydrogen-bond acceptors (Lipinski definition) is 6. The predicted molar refractivity (Wildman–Crippen MR) is 147 cm³/mol. The maximum Gasteiger partial charge on any atom is 0.272 e. The molecule has 0 saturated carbocycles. The lowest BCUT2D eigenvalue weighted by molar-refractivity contribution is -0.140. The van der Waals surface area contributed by atoms with E-state index in [0.717, 1.165) is 33.5 Å². The molecular formula is C30H32N4O4. The number of benzene rings is 3. The van der Waals surface area contributed by atoms with Crippen molar-refractivity contribution in [2.45, 2.75) is 32.1 Å². The summed E-state index contributed by atoms with van der Waals surface area (Å²) in [5.41, 5.74) is 5.02. The highest BCUT2D eigenvalue weighted by Crippen LogP contribution is 2.46. The van der Waals surface area contributed by atoms with E-state index in [9.17, 15) is 9.59 Å². The summed E-state index contributed by atoms with van der Waals surface area (Å²) in [6.07, 6.45) is -0.419. The molecule has 5 rings (SSSR count). The second-order valence-corrected chi connectivity index (χ2v) is 9.50. The molecule has 1 aliphatic rings. The van der Waals surface area contributed by atoms with Crippen LogP contribution in [0.2, 0.25) is 0 Å². The highest BCUT2D eigenvalue weighted by atomic mass is 16.7. The van der Waals surface area contributed by atoms with E-state index in [0.29, 0.717) is 24.2 Å². The Balaban J connectivity index is 1.61. The van der Waals surface area contributed by atoms with Crippen LogP contribution in [0.15, 0.2) is 71.5 Å². The zero-order chi connectivity index (χ0) is 26.8. The van der Waals surface area contributed by atoms with Crippen molar-refractivity contribution in [1.82, 2.24) is 15.1 Å². The number of rotatable bonds is 8. The molecule has 0 fully saturated rings. The van der Waals surface area contributed by atoms with Crippen LogP contribution >= 0.6 is 0 Å². The average Bonchev–Trinajstić information content (AvgIpc) is 2.94. The van der Waals surface area contributed by atoms with E-state index >= 15 is 0 Å². The summed E-state index contributed by atoms with van der Waals surface area (Å²) in [4.78, 5) is 26.6. The summed E-state index contributed by atoms with van der Waals surface area (Å²) >= 11 is 0. The number of amides is 1. The molecule has 8 nitrogen and oxygen atoms in total. The van der Waals surface area contributed by atoms with Gasteiger partial charge in [-0.05, 0) is 49.2 Å². The average molecular weight is 513 g/mol. The molecule has 0 radical (unpaired) electrons. The number of aromatic nitrogens is 2. The molecule has 4 aromatic rings. The van der Waals surface area contributed by atoms with E-state index in [1.807, 2.05) is 68.4 Å². The van der Waals surface area contributed by atoms with Crippen LogP contribution in [0.3, 0.4) is 0 Å². The Morgan fingerprint density at radius 1 is 0.947 bits per heavy atom. The molecule has 0 aliphatic carbocycles. The van der Waals surface area contributed by atoms with Crippen LogP contribution in [0.25, 0.3) is 10.8 Å². The third kappa shape index (κ3) is 4.68.